The Morgan fingerprint density at radius 1 is 1.15 bits per heavy atom. The van der Waals surface area contributed by atoms with Crippen LogP contribution in [0.4, 0.5) is 11.4 Å². The van der Waals surface area contributed by atoms with Crippen LogP contribution in [0.25, 0.3) is 0 Å². The summed E-state index contributed by atoms with van der Waals surface area (Å²) in [5.41, 5.74) is 9.22. The first kappa shape index (κ1) is 8.42. The van der Waals surface area contributed by atoms with Crippen molar-refractivity contribution in [3.8, 4) is 0 Å². The maximum atomic E-state index is 5.80. The fraction of sp³-hybridized carbons (Fsp3) is 0.455. The Morgan fingerprint density at radius 2 is 1.85 bits per heavy atom. The van der Waals surface area contributed by atoms with E-state index in [9.17, 15) is 0 Å². The second kappa shape index (κ2) is 3.29. The molecule has 1 aromatic carbocycles. The minimum absolute atomic E-state index is 0.877. The second-order valence-electron chi connectivity index (χ2n) is 3.80. The van der Waals surface area contributed by atoms with E-state index in [4.69, 9.17) is 5.73 Å². The van der Waals surface area contributed by atoms with Gasteiger partial charge in [0.25, 0.3) is 0 Å². The van der Waals surface area contributed by atoms with E-state index < -0.39 is 0 Å². The number of nitrogens with two attached hydrogens (primary N) is 1. The molecule has 1 aliphatic heterocycles. The Labute approximate surface area is 79.4 Å². The lowest BCUT2D eigenvalue weighted by Crippen LogP contribution is -2.17. The third-order valence-corrected chi connectivity index (χ3v) is 2.56. The fourth-order valence-corrected chi connectivity index (χ4v) is 1.95. The largest absolute Gasteiger partial charge is 0.399 e. The van der Waals surface area contributed by atoms with Crippen LogP contribution in [0.2, 0.25) is 0 Å². The number of hydrogen-bond donors (Lipinski definition) is 1. The molecule has 2 heteroatoms. The standard InChI is InChI=1S/C11H16N2/c1-9-6-10(12)8-11(7-9)13-4-2-3-5-13/h6-8H,2-5,12H2,1H3. The second-order valence-corrected chi connectivity index (χ2v) is 3.80. The zero-order valence-electron chi connectivity index (χ0n) is 8.09. The van der Waals surface area contributed by atoms with Crippen LogP contribution in [0.1, 0.15) is 18.4 Å². The highest BCUT2D eigenvalue weighted by molar-refractivity contribution is 5.58. The van der Waals surface area contributed by atoms with Crippen LogP contribution in [-0.4, -0.2) is 13.1 Å². The van der Waals surface area contributed by atoms with Gasteiger partial charge in [-0.05, 0) is 43.5 Å². The average molecular weight is 176 g/mol. The van der Waals surface area contributed by atoms with Crippen LogP contribution in [-0.2, 0) is 0 Å². The van der Waals surface area contributed by atoms with Crippen molar-refractivity contribution in [1.29, 1.82) is 0 Å². The van der Waals surface area contributed by atoms with Crippen molar-refractivity contribution in [2.45, 2.75) is 19.8 Å². The highest BCUT2D eigenvalue weighted by atomic mass is 15.1. The molecule has 1 aromatic rings. The Morgan fingerprint density at radius 3 is 2.46 bits per heavy atom. The molecule has 0 bridgehead atoms. The smallest absolute Gasteiger partial charge is 0.0389 e. The lowest BCUT2D eigenvalue weighted by atomic mass is 10.2. The molecular formula is C11H16N2. The van der Waals surface area contributed by atoms with E-state index in [2.05, 4.69) is 24.0 Å². The van der Waals surface area contributed by atoms with Gasteiger partial charge in [0, 0.05) is 24.5 Å². The third-order valence-electron chi connectivity index (χ3n) is 2.56. The van der Waals surface area contributed by atoms with Crippen LogP contribution in [0.15, 0.2) is 18.2 Å². The van der Waals surface area contributed by atoms with Crippen LogP contribution in [0.3, 0.4) is 0 Å². The lowest BCUT2D eigenvalue weighted by Gasteiger charge is -2.18. The fourth-order valence-electron chi connectivity index (χ4n) is 1.95. The van der Waals surface area contributed by atoms with Gasteiger partial charge in [-0.1, -0.05) is 0 Å². The molecule has 70 valence electrons. The molecule has 1 fully saturated rings. The van der Waals surface area contributed by atoms with Crippen LogP contribution >= 0.6 is 0 Å². The van der Waals surface area contributed by atoms with Crippen molar-refractivity contribution in [2.75, 3.05) is 23.7 Å². The molecule has 0 amide bonds. The molecular weight excluding hydrogens is 160 g/mol. The van der Waals surface area contributed by atoms with Gasteiger partial charge in [-0.15, -0.1) is 0 Å². The number of rotatable bonds is 1. The van der Waals surface area contributed by atoms with Crippen molar-refractivity contribution in [3.05, 3.63) is 23.8 Å². The summed E-state index contributed by atoms with van der Waals surface area (Å²) in [5, 5.41) is 0. The van der Waals surface area contributed by atoms with Crippen molar-refractivity contribution >= 4 is 11.4 Å². The SMILES string of the molecule is Cc1cc(N)cc(N2CCCC2)c1. The maximum Gasteiger partial charge on any atom is 0.0389 e. The number of nitrogen functional groups attached to an aromatic ring is 1. The molecule has 0 aliphatic carbocycles. The zero-order chi connectivity index (χ0) is 9.26. The summed E-state index contributed by atoms with van der Waals surface area (Å²) in [6, 6.07) is 6.29. The predicted octanol–water partition coefficient (Wildman–Crippen LogP) is 2.18. The summed E-state index contributed by atoms with van der Waals surface area (Å²) in [4.78, 5) is 2.41. The van der Waals surface area contributed by atoms with Crippen molar-refractivity contribution < 1.29 is 0 Å². The van der Waals surface area contributed by atoms with Crippen molar-refractivity contribution in [2.24, 2.45) is 0 Å². The van der Waals surface area contributed by atoms with Gasteiger partial charge in [0.15, 0.2) is 0 Å². The van der Waals surface area contributed by atoms with Crippen LogP contribution < -0.4 is 10.6 Å². The van der Waals surface area contributed by atoms with Gasteiger partial charge < -0.3 is 10.6 Å². The predicted molar refractivity (Wildman–Crippen MR) is 57.0 cm³/mol. The topological polar surface area (TPSA) is 29.3 Å². The minimum atomic E-state index is 0.877. The summed E-state index contributed by atoms with van der Waals surface area (Å²) in [7, 11) is 0. The first-order valence-corrected chi connectivity index (χ1v) is 4.88. The average Bonchev–Trinajstić information content (AvgIpc) is 2.53. The van der Waals surface area contributed by atoms with Gasteiger partial charge in [-0.25, -0.2) is 0 Å². The number of hydrogen-bond acceptors (Lipinski definition) is 2. The Kier molecular flexibility index (Phi) is 2.13. The molecule has 0 spiro atoms. The summed E-state index contributed by atoms with van der Waals surface area (Å²) < 4.78 is 0. The summed E-state index contributed by atoms with van der Waals surface area (Å²) in [6.07, 6.45) is 2.63. The molecule has 2 rings (SSSR count). The van der Waals surface area contributed by atoms with Gasteiger partial charge in [0.2, 0.25) is 0 Å². The third kappa shape index (κ3) is 1.77. The van der Waals surface area contributed by atoms with E-state index in [1.165, 1.54) is 37.2 Å². The molecule has 0 radical (unpaired) electrons. The lowest BCUT2D eigenvalue weighted by molar-refractivity contribution is 0.949. The van der Waals surface area contributed by atoms with E-state index in [0.29, 0.717) is 0 Å². The summed E-state index contributed by atoms with van der Waals surface area (Å²) in [5.74, 6) is 0. The summed E-state index contributed by atoms with van der Waals surface area (Å²) in [6.45, 7) is 4.46. The molecule has 0 unspecified atom stereocenters. The summed E-state index contributed by atoms with van der Waals surface area (Å²) >= 11 is 0. The Bertz CT molecular complexity index is 281. The molecule has 1 aliphatic rings. The van der Waals surface area contributed by atoms with Crippen molar-refractivity contribution in [3.63, 3.8) is 0 Å². The van der Waals surface area contributed by atoms with E-state index >= 15 is 0 Å². The molecule has 0 aromatic heterocycles. The Hall–Kier alpha value is -1.18. The zero-order valence-corrected chi connectivity index (χ0v) is 8.09. The number of nitrogens with zero attached hydrogens (tertiary/aromatic N) is 1. The van der Waals surface area contributed by atoms with Gasteiger partial charge in [-0.3, -0.25) is 0 Å². The molecule has 1 saturated heterocycles. The van der Waals surface area contributed by atoms with Crippen LogP contribution in [0, 0.1) is 6.92 Å². The van der Waals surface area contributed by atoms with Crippen LogP contribution in [0.5, 0.6) is 0 Å². The molecule has 2 nitrogen and oxygen atoms in total. The highest BCUT2D eigenvalue weighted by Crippen LogP contribution is 2.23. The van der Waals surface area contributed by atoms with Gasteiger partial charge in [-0.2, -0.15) is 0 Å². The molecule has 1 heterocycles. The number of benzene rings is 1. The van der Waals surface area contributed by atoms with E-state index in [1.807, 2.05) is 6.07 Å². The molecule has 2 N–H and O–H groups in total. The number of anilines is 2. The maximum absolute atomic E-state index is 5.80. The van der Waals surface area contributed by atoms with E-state index in [1.54, 1.807) is 0 Å². The molecule has 0 atom stereocenters. The van der Waals surface area contributed by atoms with Gasteiger partial charge in [0.05, 0.1) is 0 Å². The minimum Gasteiger partial charge on any atom is -0.399 e. The first-order chi connectivity index (χ1) is 6.25. The Balaban J connectivity index is 2.28. The first-order valence-electron chi connectivity index (χ1n) is 4.88. The van der Waals surface area contributed by atoms with Gasteiger partial charge in [0.1, 0.15) is 0 Å². The van der Waals surface area contributed by atoms with Crippen molar-refractivity contribution in [1.82, 2.24) is 0 Å². The normalized spacial score (nSPS) is 16.5. The molecule has 0 saturated carbocycles. The van der Waals surface area contributed by atoms with Gasteiger partial charge >= 0.3 is 0 Å². The highest BCUT2D eigenvalue weighted by Gasteiger charge is 2.12. The van der Waals surface area contributed by atoms with E-state index in [-0.39, 0.29) is 0 Å². The number of aryl methyl sites for hydroxylation is 1. The van der Waals surface area contributed by atoms with E-state index in [0.717, 1.165) is 5.69 Å². The molecule has 13 heavy (non-hydrogen) atoms. The monoisotopic (exact) mass is 176 g/mol. The quantitative estimate of drug-likeness (QED) is 0.664.